The van der Waals surface area contributed by atoms with E-state index in [4.69, 9.17) is 0 Å². The molecule has 5 rings (SSSR count). The topological polar surface area (TPSA) is 39.2 Å². The van der Waals surface area contributed by atoms with Gasteiger partial charge >= 0.3 is 0 Å². The largest absolute Gasteiger partial charge is 0.314 e. The van der Waals surface area contributed by atoms with Crippen LogP contribution in [-0.4, -0.2) is 52.7 Å². The van der Waals surface area contributed by atoms with Gasteiger partial charge in [0, 0.05) is 38.3 Å². The van der Waals surface area contributed by atoms with Gasteiger partial charge in [-0.2, -0.15) is 0 Å². The van der Waals surface area contributed by atoms with Crippen LogP contribution < -0.4 is 0 Å². The second-order valence-corrected chi connectivity index (χ2v) is 7.87. The van der Waals surface area contributed by atoms with Crippen molar-refractivity contribution in [2.24, 2.45) is 4.99 Å². The zero-order valence-electron chi connectivity index (χ0n) is 16.5. The highest BCUT2D eigenvalue weighted by Gasteiger charge is 2.40. The lowest BCUT2D eigenvalue weighted by molar-refractivity contribution is -0.125. The first kappa shape index (κ1) is 18.9. The van der Waals surface area contributed by atoms with Crippen LogP contribution in [0.5, 0.6) is 0 Å². The number of rotatable bonds is 4. The predicted octanol–water partition coefficient (Wildman–Crippen LogP) is 3.14. The van der Waals surface area contributed by atoms with Gasteiger partial charge in [0.25, 0.3) is 5.91 Å². The third-order valence-electron chi connectivity index (χ3n) is 5.83. The average Bonchev–Trinajstić information content (AvgIpc) is 3.22. The Morgan fingerprint density at radius 3 is 2.57 bits per heavy atom. The van der Waals surface area contributed by atoms with Gasteiger partial charge in [-0.05, 0) is 35.4 Å². The van der Waals surface area contributed by atoms with E-state index in [1.165, 1.54) is 18.2 Å². The van der Waals surface area contributed by atoms with E-state index in [0.29, 0.717) is 32.1 Å². The van der Waals surface area contributed by atoms with E-state index in [-0.39, 0.29) is 17.5 Å². The molecule has 1 amide bonds. The molecular weight excluding hydrogens is 386 g/mol. The third kappa shape index (κ3) is 3.50. The normalized spacial score (nSPS) is 19.1. The molecule has 0 bridgehead atoms. The van der Waals surface area contributed by atoms with Crippen molar-refractivity contribution < 1.29 is 13.6 Å². The van der Waals surface area contributed by atoms with Crippen molar-refractivity contribution in [3.63, 3.8) is 0 Å². The van der Waals surface area contributed by atoms with Crippen molar-refractivity contribution in [2.75, 3.05) is 26.2 Å². The molecule has 0 aromatic heterocycles. The number of carbonyl (C=O) groups is 1. The quantitative estimate of drug-likeness (QED) is 0.780. The second-order valence-electron chi connectivity index (χ2n) is 7.87. The summed E-state index contributed by atoms with van der Waals surface area (Å²) in [6.45, 7) is 3.71. The number of nitrogens with zero attached hydrogens (tertiary/aromatic N) is 4. The number of guanidine groups is 1. The number of hydrogen-bond acceptors (Lipinski definition) is 4. The van der Waals surface area contributed by atoms with Crippen molar-refractivity contribution in [1.82, 2.24) is 14.7 Å². The summed E-state index contributed by atoms with van der Waals surface area (Å²) in [6.07, 6.45) is 0.764. The lowest BCUT2D eigenvalue weighted by Gasteiger charge is -2.42. The van der Waals surface area contributed by atoms with Gasteiger partial charge in [-0.15, -0.1) is 0 Å². The fourth-order valence-electron chi connectivity index (χ4n) is 4.42. The first-order valence-corrected chi connectivity index (χ1v) is 10.2. The highest BCUT2D eigenvalue weighted by atomic mass is 19.1. The van der Waals surface area contributed by atoms with Crippen molar-refractivity contribution in [3.8, 4) is 0 Å². The van der Waals surface area contributed by atoms with Gasteiger partial charge in [-0.25, -0.2) is 8.78 Å². The molecule has 3 aliphatic heterocycles. The molecule has 0 spiro atoms. The maximum atomic E-state index is 13.6. The van der Waals surface area contributed by atoms with Crippen LogP contribution in [0.25, 0.3) is 0 Å². The highest BCUT2D eigenvalue weighted by molar-refractivity contribution is 6.09. The van der Waals surface area contributed by atoms with E-state index in [1.54, 1.807) is 29.2 Å². The van der Waals surface area contributed by atoms with Gasteiger partial charge in [0.2, 0.25) is 5.96 Å². The van der Waals surface area contributed by atoms with E-state index in [1.807, 2.05) is 6.07 Å². The monoisotopic (exact) mass is 408 g/mol. The summed E-state index contributed by atoms with van der Waals surface area (Å²) < 4.78 is 26.8. The number of hydrogen-bond donors (Lipinski definition) is 0. The van der Waals surface area contributed by atoms with Crippen LogP contribution >= 0.6 is 0 Å². The van der Waals surface area contributed by atoms with Crippen LogP contribution in [-0.2, 0) is 17.9 Å². The molecule has 30 heavy (non-hydrogen) atoms. The smallest absolute Gasteiger partial charge is 0.259 e. The van der Waals surface area contributed by atoms with E-state index in [0.717, 1.165) is 41.9 Å². The van der Waals surface area contributed by atoms with Crippen LogP contribution in [0.4, 0.5) is 8.78 Å². The van der Waals surface area contributed by atoms with Crippen molar-refractivity contribution in [1.29, 1.82) is 0 Å². The van der Waals surface area contributed by atoms with Crippen molar-refractivity contribution in [2.45, 2.75) is 19.5 Å². The van der Waals surface area contributed by atoms with E-state index in [9.17, 15) is 13.6 Å². The summed E-state index contributed by atoms with van der Waals surface area (Å²) in [6, 6.07) is 12.8. The molecule has 0 atom stereocenters. The number of benzene rings is 2. The van der Waals surface area contributed by atoms with Gasteiger partial charge in [-0.3, -0.25) is 19.6 Å². The molecule has 5 nitrogen and oxygen atoms in total. The van der Waals surface area contributed by atoms with E-state index in [2.05, 4.69) is 14.8 Å². The second kappa shape index (κ2) is 7.65. The molecule has 0 aliphatic carbocycles. The van der Waals surface area contributed by atoms with Crippen molar-refractivity contribution in [3.05, 3.63) is 82.6 Å². The van der Waals surface area contributed by atoms with Gasteiger partial charge in [0.05, 0.1) is 18.7 Å². The summed E-state index contributed by atoms with van der Waals surface area (Å²) in [5.41, 5.74) is 3.59. The lowest BCUT2D eigenvalue weighted by atomic mass is 10.00. The van der Waals surface area contributed by atoms with Gasteiger partial charge in [-0.1, -0.05) is 24.3 Å². The van der Waals surface area contributed by atoms with Crippen LogP contribution in [0, 0.1) is 11.6 Å². The molecule has 2 aromatic rings. The van der Waals surface area contributed by atoms with Crippen molar-refractivity contribution >= 4 is 11.9 Å². The molecule has 0 saturated heterocycles. The van der Waals surface area contributed by atoms with Crippen LogP contribution in [0.3, 0.4) is 0 Å². The fraction of sp³-hybridized carbons (Fsp3) is 0.304. The SMILES string of the molecule is O=C1C2=C(CCN(Cc3cccc(F)c3)C2)N2CCN=C2N1Cc1ccc(F)cc1. The Bertz CT molecular complexity index is 1050. The van der Waals surface area contributed by atoms with Gasteiger partial charge < -0.3 is 4.90 Å². The molecule has 0 fully saturated rings. The summed E-state index contributed by atoms with van der Waals surface area (Å²) >= 11 is 0. The first-order valence-electron chi connectivity index (χ1n) is 10.2. The first-order chi connectivity index (χ1) is 14.6. The average molecular weight is 408 g/mol. The maximum Gasteiger partial charge on any atom is 0.259 e. The third-order valence-corrected chi connectivity index (χ3v) is 5.83. The zero-order chi connectivity index (χ0) is 20.7. The summed E-state index contributed by atoms with van der Waals surface area (Å²) in [5.74, 6) is 0.104. The Labute approximate surface area is 173 Å². The summed E-state index contributed by atoms with van der Waals surface area (Å²) in [4.78, 5) is 24.0. The predicted molar refractivity (Wildman–Crippen MR) is 109 cm³/mol. The molecule has 0 radical (unpaired) electrons. The Kier molecular flexibility index (Phi) is 4.83. The van der Waals surface area contributed by atoms with Gasteiger partial charge in [0.1, 0.15) is 11.6 Å². The fourth-order valence-corrected chi connectivity index (χ4v) is 4.42. The Morgan fingerprint density at radius 2 is 1.77 bits per heavy atom. The number of halogens is 2. The molecule has 7 heteroatoms. The number of aliphatic imine (C=N–C) groups is 1. The van der Waals surface area contributed by atoms with Crippen LogP contribution in [0.1, 0.15) is 17.5 Å². The van der Waals surface area contributed by atoms with Crippen LogP contribution in [0.2, 0.25) is 0 Å². The molecule has 0 unspecified atom stereocenters. The highest BCUT2D eigenvalue weighted by Crippen LogP contribution is 2.32. The minimum Gasteiger partial charge on any atom is -0.314 e. The molecule has 0 saturated carbocycles. The molecule has 3 heterocycles. The molecule has 3 aliphatic rings. The zero-order valence-corrected chi connectivity index (χ0v) is 16.5. The van der Waals surface area contributed by atoms with Gasteiger partial charge in [0.15, 0.2) is 0 Å². The molecule has 154 valence electrons. The van der Waals surface area contributed by atoms with E-state index < -0.39 is 0 Å². The minimum absolute atomic E-state index is 0.0461. The maximum absolute atomic E-state index is 13.6. The molecule has 2 aromatic carbocycles. The Hall–Kier alpha value is -3.06. The number of fused-ring (bicyclic) bond motifs is 2. The lowest BCUT2D eigenvalue weighted by Crippen LogP contribution is -2.53. The number of carbonyl (C=O) groups excluding carboxylic acids is 1. The van der Waals surface area contributed by atoms with E-state index >= 15 is 0 Å². The molecular formula is C23H22F2N4O. The Morgan fingerprint density at radius 1 is 0.933 bits per heavy atom. The Balaban J connectivity index is 1.39. The summed E-state index contributed by atoms with van der Waals surface area (Å²) in [7, 11) is 0. The summed E-state index contributed by atoms with van der Waals surface area (Å²) in [5, 5.41) is 0. The number of amides is 1. The standard InChI is InChI=1S/C23H22F2N4O/c24-18-6-4-16(5-7-18)14-29-22(30)20-15-27(13-17-2-1-3-19(25)12-17)10-8-21(20)28-11-9-26-23(28)29/h1-7,12H,8-11,13-15H2. The minimum atomic E-state index is -0.297. The molecule has 0 N–H and O–H groups in total. The van der Waals surface area contributed by atoms with Crippen LogP contribution in [0.15, 0.2) is 64.8 Å².